The Balaban J connectivity index is 2.20. The van der Waals surface area contributed by atoms with Gasteiger partial charge in [-0.05, 0) is 57.3 Å². The molecule has 1 nitrogen and oxygen atoms in total. The highest BCUT2D eigenvalue weighted by Gasteiger charge is 2.17. The summed E-state index contributed by atoms with van der Waals surface area (Å²) in [6.07, 6.45) is 1.85. The molecule has 4 aromatic carbocycles. The van der Waals surface area contributed by atoms with E-state index in [1.807, 2.05) is 55.6 Å². The van der Waals surface area contributed by atoms with Crippen LogP contribution < -0.4 is 5.32 Å². The lowest BCUT2D eigenvalue weighted by molar-refractivity contribution is 0.630. The van der Waals surface area contributed by atoms with E-state index in [4.69, 9.17) is 0 Å². The van der Waals surface area contributed by atoms with Crippen LogP contribution >= 0.6 is 0 Å². The first-order valence-corrected chi connectivity index (χ1v) is 8.94. The average Bonchev–Trinajstić information content (AvgIpc) is 2.72. The van der Waals surface area contributed by atoms with Gasteiger partial charge in [-0.15, -0.1) is 0 Å². The summed E-state index contributed by atoms with van der Waals surface area (Å²) in [6.45, 7) is 4.02. The van der Waals surface area contributed by atoms with E-state index in [2.05, 4.69) is 36.2 Å². The Bertz CT molecular complexity index is 1130. The maximum Gasteiger partial charge on any atom is 0.123 e. The SMILES string of the molecule is C=Cc1cc2cc(F)ccc2c(-c2ccccc2)c1-c1ccccc1NC. The lowest BCUT2D eigenvalue weighted by Gasteiger charge is -2.19. The minimum absolute atomic E-state index is 0.236. The number of hydrogen-bond donors (Lipinski definition) is 1. The third kappa shape index (κ3) is 3.00. The Morgan fingerprint density at radius 1 is 0.852 bits per heavy atom. The van der Waals surface area contributed by atoms with Crippen molar-refractivity contribution in [3.05, 3.63) is 96.8 Å². The van der Waals surface area contributed by atoms with Gasteiger partial charge in [0.05, 0.1) is 0 Å². The first-order valence-electron chi connectivity index (χ1n) is 8.94. The molecule has 0 fully saturated rings. The first-order chi connectivity index (χ1) is 13.2. The second kappa shape index (κ2) is 7.08. The highest BCUT2D eigenvalue weighted by molar-refractivity contribution is 6.08. The number of anilines is 1. The van der Waals surface area contributed by atoms with Gasteiger partial charge in [-0.1, -0.05) is 67.3 Å². The van der Waals surface area contributed by atoms with Crippen LogP contribution in [0.25, 0.3) is 39.1 Å². The van der Waals surface area contributed by atoms with Crippen LogP contribution in [0.5, 0.6) is 0 Å². The molecular formula is C25H20FN. The van der Waals surface area contributed by atoms with Crippen LogP contribution in [0.3, 0.4) is 0 Å². The van der Waals surface area contributed by atoms with Crippen molar-refractivity contribution >= 4 is 22.5 Å². The summed E-state index contributed by atoms with van der Waals surface area (Å²) in [5, 5.41) is 5.18. The third-order valence-electron chi connectivity index (χ3n) is 4.88. The molecule has 0 aliphatic carbocycles. The summed E-state index contributed by atoms with van der Waals surface area (Å²) in [5.74, 6) is -0.236. The summed E-state index contributed by atoms with van der Waals surface area (Å²) in [4.78, 5) is 0. The van der Waals surface area contributed by atoms with Crippen LogP contribution in [-0.2, 0) is 0 Å². The highest BCUT2D eigenvalue weighted by atomic mass is 19.1. The van der Waals surface area contributed by atoms with Crippen molar-refractivity contribution in [1.29, 1.82) is 0 Å². The molecule has 0 spiro atoms. The summed E-state index contributed by atoms with van der Waals surface area (Å²) in [7, 11) is 1.92. The molecule has 0 aliphatic heterocycles. The van der Waals surface area contributed by atoms with Gasteiger partial charge in [0.15, 0.2) is 0 Å². The smallest absolute Gasteiger partial charge is 0.123 e. The zero-order valence-electron chi connectivity index (χ0n) is 15.2. The van der Waals surface area contributed by atoms with Crippen molar-refractivity contribution in [3.8, 4) is 22.3 Å². The summed E-state index contributed by atoms with van der Waals surface area (Å²) in [5.41, 5.74) is 6.40. The van der Waals surface area contributed by atoms with Crippen LogP contribution in [0, 0.1) is 5.82 Å². The van der Waals surface area contributed by atoms with E-state index in [0.717, 1.165) is 44.3 Å². The Morgan fingerprint density at radius 3 is 2.33 bits per heavy atom. The molecule has 2 heteroatoms. The Hall–Kier alpha value is -3.39. The number of hydrogen-bond acceptors (Lipinski definition) is 1. The van der Waals surface area contributed by atoms with Gasteiger partial charge in [0.1, 0.15) is 5.82 Å². The third-order valence-corrected chi connectivity index (χ3v) is 4.88. The molecule has 132 valence electrons. The van der Waals surface area contributed by atoms with Crippen molar-refractivity contribution in [2.75, 3.05) is 12.4 Å². The maximum absolute atomic E-state index is 13.9. The van der Waals surface area contributed by atoms with Gasteiger partial charge in [-0.2, -0.15) is 0 Å². The molecule has 0 unspecified atom stereocenters. The summed E-state index contributed by atoms with van der Waals surface area (Å²) < 4.78 is 13.9. The molecule has 0 amide bonds. The predicted molar refractivity (Wildman–Crippen MR) is 114 cm³/mol. The molecule has 4 rings (SSSR count). The van der Waals surface area contributed by atoms with E-state index in [9.17, 15) is 4.39 Å². The monoisotopic (exact) mass is 353 g/mol. The molecule has 0 bridgehead atoms. The number of benzene rings is 4. The largest absolute Gasteiger partial charge is 0.388 e. The van der Waals surface area contributed by atoms with E-state index in [1.54, 1.807) is 6.07 Å². The number of nitrogens with one attached hydrogen (secondary N) is 1. The van der Waals surface area contributed by atoms with E-state index in [0.29, 0.717) is 0 Å². The quantitative estimate of drug-likeness (QED) is 0.416. The van der Waals surface area contributed by atoms with E-state index < -0.39 is 0 Å². The van der Waals surface area contributed by atoms with Crippen LogP contribution in [0.15, 0.2) is 85.4 Å². The Labute approximate surface area is 158 Å². The van der Waals surface area contributed by atoms with Crippen LogP contribution in [-0.4, -0.2) is 7.05 Å². The molecule has 0 saturated heterocycles. The fourth-order valence-electron chi connectivity index (χ4n) is 3.67. The summed E-state index contributed by atoms with van der Waals surface area (Å²) >= 11 is 0. The van der Waals surface area contributed by atoms with Gasteiger partial charge in [0.2, 0.25) is 0 Å². The molecule has 0 atom stereocenters. The maximum atomic E-state index is 13.9. The minimum Gasteiger partial charge on any atom is -0.388 e. The molecule has 0 aliphatic rings. The lowest BCUT2D eigenvalue weighted by atomic mass is 9.85. The summed E-state index contributed by atoms with van der Waals surface area (Å²) in [6, 6.07) is 25.5. The van der Waals surface area contributed by atoms with E-state index >= 15 is 0 Å². The van der Waals surface area contributed by atoms with Crippen molar-refractivity contribution in [1.82, 2.24) is 0 Å². The van der Waals surface area contributed by atoms with Gasteiger partial charge in [0, 0.05) is 18.3 Å². The number of para-hydroxylation sites is 1. The Kier molecular flexibility index (Phi) is 4.47. The fraction of sp³-hybridized carbons (Fsp3) is 0.0400. The molecule has 0 radical (unpaired) electrons. The molecule has 0 aromatic heterocycles. The van der Waals surface area contributed by atoms with Gasteiger partial charge >= 0.3 is 0 Å². The topological polar surface area (TPSA) is 12.0 Å². The zero-order valence-corrected chi connectivity index (χ0v) is 15.2. The second-order valence-corrected chi connectivity index (χ2v) is 6.45. The minimum atomic E-state index is -0.236. The van der Waals surface area contributed by atoms with Crippen LogP contribution in [0.4, 0.5) is 10.1 Å². The van der Waals surface area contributed by atoms with Crippen molar-refractivity contribution in [2.24, 2.45) is 0 Å². The van der Waals surface area contributed by atoms with E-state index in [-0.39, 0.29) is 5.82 Å². The Morgan fingerprint density at radius 2 is 1.59 bits per heavy atom. The molecule has 27 heavy (non-hydrogen) atoms. The van der Waals surface area contributed by atoms with Gasteiger partial charge in [-0.25, -0.2) is 4.39 Å². The highest BCUT2D eigenvalue weighted by Crippen LogP contribution is 2.43. The molecular weight excluding hydrogens is 333 g/mol. The van der Waals surface area contributed by atoms with Gasteiger partial charge in [-0.3, -0.25) is 0 Å². The van der Waals surface area contributed by atoms with Crippen molar-refractivity contribution < 1.29 is 4.39 Å². The van der Waals surface area contributed by atoms with Crippen molar-refractivity contribution in [3.63, 3.8) is 0 Å². The lowest BCUT2D eigenvalue weighted by Crippen LogP contribution is -1.97. The molecule has 1 N–H and O–H groups in total. The van der Waals surface area contributed by atoms with Gasteiger partial charge in [0.25, 0.3) is 0 Å². The predicted octanol–water partition coefficient (Wildman–Crippen LogP) is 7.00. The number of halogens is 1. The second-order valence-electron chi connectivity index (χ2n) is 6.45. The van der Waals surface area contributed by atoms with Crippen LogP contribution in [0.2, 0.25) is 0 Å². The molecule has 0 heterocycles. The first kappa shape index (κ1) is 17.0. The number of fused-ring (bicyclic) bond motifs is 1. The molecule has 0 saturated carbocycles. The average molecular weight is 353 g/mol. The fourth-order valence-corrected chi connectivity index (χ4v) is 3.67. The van der Waals surface area contributed by atoms with Gasteiger partial charge < -0.3 is 5.32 Å². The zero-order chi connectivity index (χ0) is 18.8. The standard InChI is InChI=1S/C25H20FN/c1-3-17-15-19-16-20(26)13-14-21(19)25(18-9-5-4-6-10-18)24(17)22-11-7-8-12-23(22)27-2/h3-16,27H,1H2,2H3. The van der Waals surface area contributed by atoms with Crippen LogP contribution in [0.1, 0.15) is 5.56 Å². The normalized spacial score (nSPS) is 10.7. The van der Waals surface area contributed by atoms with Crippen molar-refractivity contribution in [2.45, 2.75) is 0 Å². The molecule has 4 aromatic rings. The number of rotatable bonds is 4. The van der Waals surface area contributed by atoms with E-state index in [1.165, 1.54) is 6.07 Å².